The van der Waals surface area contributed by atoms with Crippen molar-refractivity contribution in [2.24, 2.45) is 10.7 Å². The minimum absolute atomic E-state index is 0.0573. The molecule has 0 radical (unpaired) electrons. The van der Waals surface area contributed by atoms with Gasteiger partial charge in [-0.1, -0.05) is 24.4 Å². The van der Waals surface area contributed by atoms with Crippen LogP contribution < -0.4 is 11.1 Å². The highest BCUT2D eigenvalue weighted by atomic mass is 32.2. The molecule has 1 aromatic heterocycles. The fourth-order valence-electron chi connectivity index (χ4n) is 3.43. The summed E-state index contributed by atoms with van der Waals surface area (Å²) in [6.45, 7) is 7.30. The summed E-state index contributed by atoms with van der Waals surface area (Å²) in [5.74, 6) is -1.67. The van der Waals surface area contributed by atoms with Crippen LogP contribution in [0.15, 0.2) is 47.7 Å². The SMILES string of the molecule is C=C1[C@@](C)(C(=O)NC)SC(N)=N[C@]1(C)c1cc(/C=C(\F)c2cnc(C#N)cn2)ccc1F. The number of nitriles is 1. The van der Waals surface area contributed by atoms with E-state index in [9.17, 15) is 13.6 Å². The van der Waals surface area contributed by atoms with Gasteiger partial charge in [-0.25, -0.2) is 23.7 Å². The number of hydrogen-bond acceptors (Lipinski definition) is 7. The molecule has 1 aliphatic heterocycles. The summed E-state index contributed by atoms with van der Waals surface area (Å²) in [5.41, 5.74) is 5.38. The summed E-state index contributed by atoms with van der Waals surface area (Å²) >= 11 is 1.03. The molecule has 0 saturated carbocycles. The average molecular weight is 455 g/mol. The molecule has 1 aliphatic rings. The summed E-state index contributed by atoms with van der Waals surface area (Å²) in [7, 11) is 1.49. The van der Waals surface area contributed by atoms with E-state index < -0.39 is 21.9 Å². The standard InChI is InChI=1S/C22H20F2N6OS/c1-12-21(2,30-20(26)32-22(12,3)19(31)27-4)15-7-13(5-6-16(15)23)8-17(24)18-11-28-14(9-25)10-29-18/h5-8,10-11H,1H2,2-4H3,(H2,26,30)(H,27,31)/b17-8-/t21-,22-/m0/s1. The van der Waals surface area contributed by atoms with Crippen LogP contribution in [0.1, 0.15) is 36.4 Å². The van der Waals surface area contributed by atoms with Crippen LogP contribution >= 0.6 is 11.8 Å². The molecule has 0 spiro atoms. The van der Waals surface area contributed by atoms with Crippen LogP contribution in [0, 0.1) is 17.1 Å². The van der Waals surface area contributed by atoms with Crippen LogP contribution in [0.25, 0.3) is 11.9 Å². The quantitative estimate of drug-likeness (QED) is 0.685. The number of rotatable bonds is 4. The lowest BCUT2D eigenvalue weighted by Crippen LogP contribution is -2.51. The zero-order valence-electron chi connectivity index (χ0n) is 17.6. The molecule has 0 unspecified atom stereocenters. The molecule has 32 heavy (non-hydrogen) atoms. The van der Waals surface area contributed by atoms with Crippen LogP contribution in [-0.4, -0.2) is 32.8 Å². The van der Waals surface area contributed by atoms with Crippen molar-refractivity contribution in [2.45, 2.75) is 24.1 Å². The Balaban J connectivity index is 2.08. The highest BCUT2D eigenvalue weighted by Gasteiger charge is 2.50. The van der Waals surface area contributed by atoms with Crippen molar-refractivity contribution < 1.29 is 13.6 Å². The largest absolute Gasteiger partial charge is 0.378 e. The van der Waals surface area contributed by atoms with Crippen LogP contribution in [0.5, 0.6) is 0 Å². The number of nitrogens with two attached hydrogens (primary N) is 1. The average Bonchev–Trinajstić information content (AvgIpc) is 2.78. The first-order chi connectivity index (χ1) is 15.0. The number of amides is 1. The smallest absolute Gasteiger partial charge is 0.240 e. The molecule has 3 rings (SSSR count). The third-order valence-corrected chi connectivity index (χ3v) is 6.43. The van der Waals surface area contributed by atoms with Gasteiger partial charge in [-0.05, 0) is 43.2 Å². The third kappa shape index (κ3) is 3.99. The second-order valence-corrected chi connectivity index (χ2v) is 8.78. The van der Waals surface area contributed by atoms with Gasteiger partial charge in [-0.3, -0.25) is 4.79 Å². The Labute approximate surface area is 188 Å². The molecule has 2 aromatic rings. The second kappa shape index (κ2) is 8.51. The van der Waals surface area contributed by atoms with Crippen LogP contribution in [0.3, 0.4) is 0 Å². The Kier molecular flexibility index (Phi) is 6.14. The molecule has 2 atom stereocenters. The number of nitrogens with one attached hydrogen (secondary N) is 1. The Morgan fingerprint density at radius 2 is 2.06 bits per heavy atom. The van der Waals surface area contributed by atoms with Gasteiger partial charge < -0.3 is 11.1 Å². The Bertz CT molecular complexity index is 1200. The van der Waals surface area contributed by atoms with Gasteiger partial charge >= 0.3 is 0 Å². The van der Waals surface area contributed by atoms with Crippen LogP contribution in [0.2, 0.25) is 0 Å². The number of thioether (sulfide) groups is 1. The molecule has 164 valence electrons. The number of carbonyl (C=O) groups is 1. The van der Waals surface area contributed by atoms with E-state index in [0.29, 0.717) is 11.1 Å². The van der Waals surface area contributed by atoms with Crippen molar-refractivity contribution in [1.29, 1.82) is 5.26 Å². The minimum Gasteiger partial charge on any atom is -0.378 e. The number of hydrogen-bond donors (Lipinski definition) is 2. The summed E-state index contributed by atoms with van der Waals surface area (Å²) in [4.78, 5) is 24.6. The van der Waals surface area contributed by atoms with E-state index in [2.05, 4.69) is 26.9 Å². The van der Waals surface area contributed by atoms with E-state index in [1.807, 2.05) is 0 Å². The van der Waals surface area contributed by atoms with Gasteiger partial charge in [0.25, 0.3) is 0 Å². The van der Waals surface area contributed by atoms with Gasteiger partial charge in [-0.2, -0.15) is 5.26 Å². The van der Waals surface area contributed by atoms with Gasteiger partial charge in [0.15, 0.2) is 16.7 Å². The number of aromatic nitrogens is 2. The monoisotopic (exact) mass is 454 g/mol. The Morgan fingerprint density at radius 1 is 1.34 bits per heavy atom. The minimum atomic E-state index is -1.37. The van der Waals surface area contributed by atoms with Crippen LogP contribution in [0.4, 0.5) is 8.78 Å². The highest BCUT2D eigenvalue weighted by molar-refractivity contribution is 8.15. The molecule has 0 saturated heterocycles. The maximum Gasteiger partial charge on any atom is 0.240 e. The topological polar surface area (TPSA) is 117 Å². The lowest BCUT2D eigenvalue weighted by Gasteiger charge is -2.42. The van der Waals surface area contributed by atoms with Crippen molar-refractivity contribution in [2.75, 3.05) is 7.05 Å². The van der Waals surface area contributed by atoms with Crippen LogP contribution in [-0.2, 0) is 10.3 Å². The first kappa shape index (κ1) is 23.1. The summed E-state index contributed by atoms with van der Waals surface area (Å²) < 4.78 is 28.5. The first-order valence-electron chi connectivity index (χ1n) is 9.41. The fourth-order valence-corrected chi connectivity index (χ4v) is 4.59. The van der Waals surface area contributed by atoms with E-state index >= 15 is 0 Å². The van der Waals surface area contributed by atoms with Gasteiger partial charge in [0, 0.05) is 12.6 Å². The van der Waals surface area contributed by atoms with Crippen molar-refractivity contribution >= 4 is 34.7 Å². The molecule has 7 nitrogen and oxygen atoms in total. The van der Waals surface area contributed by atoms with Crippen molar-refractivity contribution in [1.82, 2.24) is 15.3 Å². The van der Waals surface area contributed by atoms with E-state index in [1.54, 1.807) is 19.9 Å². The number of amidine groups is 1. The lowest BCUT2D eigenvalue weighted by atomic mass is 9.78. The number of aliphatic imine (C=N–C) groups is 1. The lowest BCUT2D eigenvalue weighted by molar-refractivity contribution is -0.121. The van der Waals surface area contributed by atoms with Gasteiger partial charge in [-0.15, -0.1) is 0 Å². The molecular weight excluding hydrogens is 434 g/mol. The molecule has 3 N–H and O–H groups in total. The molecule has 2 heterocycles. The number of benzene rings is 1. The number of carbonyl (C=O) groups excluding carboxylic acids is 1. The maximum absolute atomic E-state index is 15.0. The number of nitrogens with zero attached hydrogens (tertiary/aromatic N) is 4. The molecule has 1 amide bonds. The Hall–Kier alpha value is -3.58. The predicted molar refractivity (Wildman–Crippen MR) is 120 cm³/mol. The fraction of sp³-hybridized carbons (Fsp3) is 0.227. The Morgan fingerprint density at radius 3 is 2.66 bits per heavy atom. The van der Waals surface area contributed by atoms with Gasteiger partial charge in [0.1, 0.15) is 27.9 Å². The molecular formula is C22H20F2N6OS. The van der Waals surface area contributed by atoms with Gasteiger partial charge in [0.2, 0.25) is 5.91 Å². The summed E-state index contributed by atoms with van der Waals surface area (Å²) in [6, 6.07) is 5.81. The van der Waals surface area contributed by atoms with E-state index in [4.69, 9.17) is 11.0 Å². The van der Waals surface area contributed by atoms with Crippen molar-refractivity contribution in [3.63, 3.8) is 0 Å². The van der Waals surface area contributed by atoms with Crippen molar-refractivity contribution in [3.05, 3.63) is 71.1 Å². The summed E-state index contributed by atoms with van der Waals surface area (Å²) in [5, 5.41) is 11.5. The third-order valence-electron chi connectivity index (χ3n) is 5.29. The van der Waals surface area contributed by atoms with Gasteiger partial charge in [0.05, 0.1) is 12.4 Å². The molecule has 0 fully saturated rings. The van der Waals surface area contributed by atoms with Crippen molar-refractivity contribution in [3.8, 4) is 6.07 Å². The zero-order valence-corrected chi connectivity index (χ0v) is 18.4. The number of halogens is 2. The predicted octanol–water partition coefficient (Wildman–Crippen LogP) is 3.29. The molecule has 0 bridgehead atoms. The molecule has 10 heteroatoms. The molecule has 0 aliphatic carbocycles. The first-order valence-corrected chi connectivity index (χ1v) is 10.2. The van der Waals surface area contributed by atoms with E-state index in [-0.39, 0.29) is 28.0 Å². The normalized spacial score (nSPS) is 23.3. The van der Waals surface area contributed by atoms with E-state index in [0.717, 1.165) is 30.2 Å². The maximum atomic E-state index is 15.0. The van der Waals surface area contributed by atoms with E-state index in [1.165, 1.54) is 25.2 Å². The highest BCUT2D eigenvalue weighted by Crippen LogP contribution is 2.49. The second-order valence-electron chi connectivity index (χ2n) is 7.35. The molecule has 1 aromatic carbocycles. The zero-order chi connectivity index (χ0) is 23.7. The summed E-state index contributed by atoms with van der Waals surface area (Å²) in [6.07, 6.45) is 3.45.